The van der Waals surface area contributed by atoms with Gasteiger partial charge in [0, 0.05) is 5.56 Å². The standard InChI is InChI=1S/C8H8O3.C7H8O3/c1-5(9)6-2-3-7(10)8(11)4-6;1-10-6-4-2-3-5(8)7(6)9/h2-4,10-11H,1H3;2-4,8-9H,1H3. The van der Waals surface area contributed by atoms with Gasteiger partial charge in [-0.25, -0.2) is 0 Å². The summed E-state index contributed by atoms with van der Waals surface area (Å²) in [4.78, 5) is 10.7. The summed E-state index contributed by atoms with van der Waals surface area (Å²) in [6, 6.07) is 8.52. The molecule has 0 fully saturated rings. The maximum Gasteiger partial charge on any atom is 0.200 e. The van der Waals surface area contributed by atoms with Gasteiger partial charge in [0.15, 0.2) is 34.5 Å². The quantitative estimate of drug-likeness (QED) is 0.500. The average Bonchev–Trinajstić information content (AvgIpc) is 2.45. The lowest BCUT2D eigenvalue weighted by molar-refractivity contribution is 0.101. The summed E-state index contributed by atoms with van der Waals surface area (Å²) in [6.45, 7) is 1.39. The normalized spacial score (nSPS) is 9.43. The van der Waals surface area contributed by atoms with Gasteiger partial charge in [-0.05, 0) is 37.3 Å². The van der Waals surface area contributed by atoms with Crippen LogP contribution in [0.15, 0.2) is 36.4 Å². The van der Waals surface area contributed by atoms with Gasteiger partial charge in [0.25, 0.3) is 0 Å². The number of phenols is 4. The second kappa shape index (κ2) is 7.04. The van der Waals surface area contributed by atoms with E-state index in [1.807, 2.05) is 0 Å². The second-order valence-corrected chi connectivity index (χ2v) is 4.09. The van der Waals surface area contributed by atoms with Crippen LogP contribution in [0.4, 0.5) is 0 Å². The largest absolute Gasteiger partial charge is 0.504 e. The molecular weight excluding hydrogens is 276 g/mol. The first-order chi connectivity index (χ1) is 9.86. The van der Waals surface area contributed by atoms with E-state index in [0.29, 0.717) is 5.56 Å². The van der Waals surface area contributed by atoms with Gasteiger partial charge in [0.1, 0.15) is 0 Å². The van der Waals surface area contributed by atoms with E-state index in [-0.39, 0.29) is 34.5 Å². The number of carbonyl (C=O) groups excluding carboxylic acids is 1. The molecule has 2 aromatic rings. The van der Waals surface area contributed by atoms with Gasteiger partial charge in [0.05, 0.1) is 7.11 Å². The van der Waals surface area contributed by atoms with E-state index >= 15 is 0 Å². The summed E-state index contributed by atoms with van der Waals surface area (Å²) in [5, 5.41) is 35.7. The molecule has 0 radical (unpaired) electrons. The number of carbonyl (C=O) groups is 1. The van der Waals surface area contributed by atoms with Crippen molar-refractivity contribution in [3.8, 4) is 28.7 Å². The molecule has 112 valence electrons. The predicted molar refractivity (Wildman–Crippen MR) is 76.1 cm³/mol. The van der Waals surface area contributed by atoms with Crippen molar-refractivity contribution in [2.45, 2.75) is 6.92 Å². The Morgan fingerprint density at radius 1 is 0.952 bits per heavy atom. The number of hydrogen-bond donors (Lipinski definition) is 4. The first kappa shape index (κ1) is 16.2. The van der Waals surface area contributed by atoms with Gasteiger partial charge < -0.3 is 25.2 Å². The second-order valence-electron chi connectivity index (χ2n) is 4.09. The summed E-state index contributed by atoms with van der Waals surface area (Å²) in [6.07, 6.45) is 0. The molecule has 21 heavy (non-hydrogen) atoms. The zero-order chi connectivity index (χ0) is 16.0. The Balaban J connectivity index is 0.000000211. The maximum absolute atomic E-state index is 10.7. The number of methoxy groups -OCH3 is 1. The van der Waals surface area contributed by atoms with Crippen LogP contribution in [0.2, 0.25) is 0 Å². The number of ether oxygens (including phenoxy) is 1. The van der Waals surface area contributed by atoms with Gasteiger partial charge in [-0.15, -0.1) is 0 Å². The maximum atomic E-state index is 10.7. The molecule has 0 aliphatic carbocycles. The fourth-order valence-corrected chi connectivity index (χ4v) is 1.42. The number of benzene rings is 2. The van der Waals surface area contributed by atoms with Crippen molar-refractivity contribution in [1.82, 2.24) is 0 Å². The van der Waals surface area contributed by atoms with Gasteiger partial charge in [-0.1, -0.05) is 6.07 Å². The molecule has 0 spiro atoms. The highest BCUT2D eigenvalue weighted by Crippen LogP contribution is 2.33. The van der Waals surface area contributed by atoms with Gasteiger partial charge >= 0.3 is 0 Å². The van der Waals surface area contributed by atoms with Gasteiger partial charge in [0.2, 0.25) is 0 Å². The van der Waals surface area contributed by atoms with Crippen molar-refractivity contribution in [2.75, 3.05) is 7.11 Å². The number of rotatable bonds is 2. The summed E-state index contributed by atoms with van der Waals surface area (Å²) in [5.41, 5.74) is 0.389. The fourth-order valence-electron chi connectivity index (χ4n) is 1.42. The third-order valence-electron chi connectivity index (χ3n) is 2.58. The van der Waals surface area contributed by atoms with Crippen LogP contribution in [0.1, 0.15) is 17.3 Å². The monoisotopic (exact) mass is 292 g/mol. The first-order valence-electron chi connectivity index (χ1n) is 5.94. The third-order valence-corrected chi connectivity index (χ3v) is 2.58. The smallest absolute Gasteiger partial charge is 0.200 e. The third kappa shape index (κ3) is 4.31. The SMILES string of the molecule is CC(=O)c1ccc(O)c(O)c1.COc1cccc(O)c1O. The molecule has 0 atom stereocenters. The lowest BCUT2D eigenvalue weighted by Crippen LogP contribution is -1.89. The molecule has 0 heterocycles. The number of Topliss-reactive ketones (excluding diaryl/α,β-unsaturated/α-hetero) is 1. The Bertz CT molecular complexity index is 636. The minimum atomic E-state index is -0.266. The summed E-state index contributed by atoms with van der Waals surface area (Å²) in [5.74, 6) is -0.725. The number of aromatic hydroxyl groups is 4. The first-order valence-corrected chi connectivity index (χ1v) is 5.94. The highest BCUT2D eigenvalue weighted by atomic mass is 16.5. The van der Waals surface area contributed by atoms with E-state index in [1.54, 1.807) is 12.1 Å². The Kier molecular flexibility index (Phi) is 5.42. The molecule has 0 bridgehead atoms. The molecule has 0 unspecified atom stereocenters. The van der Waals surface area contributed by atoms with Gasteiger partial charge in [-0.2, -0.15) is 0 Å². The zero-order valence-electron chi connectivity index (χ0n) is 11.6. The van der Waals surface area contributed by atoms with Crippen LogP contribution < -0.4 is 4.74 Å². The summed E-state index contributed by atoms with van der Waals surface area (Å²) >= 11 is 0. The lowest BCUT2D eigenvalue weighted by atomic mass is 10.1. The molecule has 0 aromatic heterocycles. The summed E-state index contributed by atoms with van der Waals surface area (Å²) < 4.78 is 4.72. The molecule has 0 aliphatic rings. The van der Waals surface area contributed by atoms with Crippen LogP contribution in [0.5, 0.6) is 28.7 Å². The minimum Gasteiger partial charge on any atom is -0.504 e. The molecule has 0 aliphatic heterocycles. The number of phenolic OH excluding ortho intramolecular Hbond substituents is 4. The number of ketones is 1. The Hall–Kier alpha value is -2.89. The van der Waals surface area contributed by atoms with Crippen molar-refractivity contribution in [3.63, 3.8) is 0 Å². The molecule has 2 rings (SSSR count). The van der Waals surface area contributed by atoms with E-state index in [9.17, 15) is 4.79 Å². The van der Waals surface area contributed by atoms with E-state index in [2.05, 4.69) is 0 Å². The van der Waals surface area contributed by atoms with Crippen LogP contribution >= 0.6 is 0 Å². The number of hydrogen-bond acceptors (Lipinski definition) is 6. The molecule has 0 amide bonds. The van der Waals surface area contributed by atoms with Crippen LogP contribution in [-0.2, 0) is 0 Å². The van der Waals surface area contributed by atoms with Crippen LogP contribution in [0, 0.1) is 0 Å². The highest BCUT2D eigenvalue weighted by molar-refractivity contribution is 5.94. The van der Waals surface area contributed by atoms with Crippen molar-refractivity contribution >= 4 is 5.78 Å². The van der Waals surface area contributed by atoms with Crippen molar-refractivity contribution < 1.29 is 30.0 Å². The lowest BCUT2D eigenvalue weighted by Gasteiger charge is -2.02. The van der Waals surface area contributed by atoms with E-state index in [4.69, 9.17) is 25.2 Å². The molecule has 6 nitrogen and oxygen atoms in total. The summed E-state index contributed by atoms with van der Waals surface area (Å²) in [7, 11) is 1.43. The topological polar surface area (TPSA) is 107 Å². The molecular formula is C15H16O6. The van der Waals surface area contributed by atoms with Crippen molar-refractivity contribution in [3.05, 3.63) is 42.0 Å². The predicted octanol–water partition coefficient (Wildman–Crippen LogP) is 2.41. The Labute approximate surface area is 121 Å². The molecule has 4 N–H and O–H groups in total. The van der Waals surface area contributed by atoms with Gasteiger partial charge in [-0.3, -0.25) is 4.79 Å². The average molecular weight is 292 g/mol. The van der Waals surface area contributed by atoms with Crippen LogP contribution in [0.3, 0.4) is 0 Å². The molecule has 0 saturated heterocycles. The van der Waals surface area contributed by atoms with E-state index < -0.39 is 0 Å². The minimum absolute atomic E-state index is 0.139. The van der Waals surface area contributed by atoms with E-state index in [0.717, 1.165) is 0 Å². The Morgan fingerprint density at radius 2 is 1.62 bits per heavy atom. The molecule has 6 heteroatoms. The van der Waals surface area contributed by atoms with Crippen LogP contribution in [0.25, 0.3) is 0 Å². The molecule has 2 aromatic carbocycles. The van der Waals surface area contributed by atoms with Crippen molar-refractivity contribution in [2.24, 2.45) is 0 Å². The fraction of sp³-hybridized carbons (Fsp3) is 0.133. The van der Waals surface area contributed by atoms with E-state index in [1.165, 1.54) is 38.3 Å². The Morgan fingerprint density at radius 3 is 2.10 bits per heavy atom. The zero-order valence-corrected chi connectivity index (χ0v) is 11.6. The van der Waals surface area contributed by atoms with Crippen molar-refractivity contribution in [1.29, 1.82) is 0 Å². The van der Waals surface area contributed by atoms with Crippen LogP contribution in [-0.4, -0.2) is 33.3 Å². The number of para-hydroxylation sites is 1. The highest BCUT2D eigenvalue weighted by Gasteiger charge is 2.04. The molecule has 0 saturated carbocycles.